The number of hydrogen-bond acceptors (Lipinski definition) is 6. The molecule has 1 aromatic rings. The van der Waals surface area contributed by atoms with Gasteiger partial charge in [0.1, 0.15) is 0 Å². The van der Waals surface area contributed by atoms with E-state index in [1.165, 1.54) is 26.2 Å². The highest BCUT2D eigenvalue weighted by molar-refractivity contribution is 4.87. The maximum Gasteiger partial charge on any atom is 0.226 e. The summed E-state index contributed by atoms with van der Waals surface area (Å²) in [5.74, 6) is 1.53. The van der Waals surface area contributed by atoms with Gasteiger partial charge >= 0.3 is 0 Å². The molecule has 1 N–H and O–H groups in total. The fraction of sp³-hybridized carbons (Fsp3) is 0.857. The second-order valence-corrected chi connectivity index (χ2v) is 5.67. The summed E-state index contributed by atoms with van der Waals surface area (Å²) in [4.78, 5) is 9.23. The van der Waals surface area contributed by atoms with E-state index in [-0.39, 0.29) is 0 Å². The van der Waals surface area contributed by atoms with Crippen LogP contribution in [0.5, 0.6) is 0 Å². The van der Waals surface area contributed by atoms with Gasteiger partial charge in [0.25, 0.3) is 0 Å². The first-order valence-electron chi connectivity index (χ1n) is 7.63. The van der Waals surface area contributed by atoms with Crippen molar-refractivity contribution < 1.29 is 4.52 Å². The molecule has 0 aromatic carbocycles. The lowest BCUT2D eigenvalue weighted by Gasteiger charge is -2.34. The lowest BCUT2D eigenvalue weighted by atomic mass is 10.2. The molecular weight excluding hydrogens is 254 g/mol. The van der Waals surface area contributed by atoms with Crippen molar-refractivity contribution in [1.82, 2.24) is 25.3 Å². The second kappa shape index (κ2) is 7.71. The fourth-order valence-electron chi connectivity index (χ4n) is 2.45. The van der Waals surface area contributed by atoms with Crippen molar-refractivity contribution in [3.05, 3.63) is 11.7 Å². The van der Waals surface area contributed by atoms with Crippen molar-refractivity contribution in [1.29, 1.82) is 0 Å². The quantitative estimate of drug-likeness (QED) is 0.781. The average molecular weight is 281 g/mol. The maximum atomic E-state index is 5.10. The van der Waals surface area contributed by atoms with E-state index in [9.17, 15) is 0 Å². The lowest BCUT2D eigenvalue weighted by molar-refractivity contribution is 0.144. The van der Waals surface area contributed by atoms with Gasteiger partial charge in [-0.3, -0.25) is 4.90 Å². The molecule has 20 heavy (non-hydrogen) atoms. The number of nitrogens with one attached hydrogen (secondary N) is 1. The van der Waals surface area contributed by atoms with Gasteiger partial charge in [0, 0.05) is 58.2 Å². The van der Waals surface area contributed by atoms with E-state index in [0.29, 0.717) is 6.04 Å². The van der Waals surface area contributed by atoms with Crippen LogP contribution in [-0.4, -0.2) is 72.3 Å². The molecule has 6 nitrogen and oxygen atoms in total. The topological polar surface area (TPSA) is 57.4 Å². The van der Waals surface area contributed by atoms with Gasteiger partial charge in [-0.25, -0.2) is 0 Å². The van der Waals surface area contributed by atoms with E-state index < -0.39 is 0 Å². The van der Waals surface area contributed by atoms with E-state index in [2.05, 4.69) is 39.2 Å². The number of nitrogens with zero attached hydrogens (tertiary/aromatic N) is 4. The molecule has 114 valence electrons. The third-order valence-electron chi connectivity index (χ3n) is 3.78. The summed E-state index contributed by atoms with van der Waals surface area (Å²) < 4.78 is 5.10. The molecule has 1 atom stereocenters. The number of aromatic nitrogens is 2. The molecule has 0 spiro atoms. The second-order valence-electron chi connectivity index (χ2n) is 5.67. The van der Waals surface area contributed by atoms with Crippen LogP contribution in [0.2, 0.25) is 0 Å². The van der Waals surface area contributed by atoms with Crippen molar-refractivity contribution in [2.75, 3.05) is 46.3 Å². The Balaban J connectivity index is 1.61. The zero-order valence-electron chi connectivity index (χ0n) is 12.9. The predicted octanol–water partition coefficient (Wildman–Crippen LogP) is 0.400. The summed E-state index contributed by atoms with van der Waals surface area (Å²) in [6.07, 6.45) is 1.64. The third-order valence-corrected chi connectivity index (χ3v) is 3.78. The Kier molecular flexibility index (Phi) is 5.94. The molecule has 1 aliphatic heterocycles. The number of hydrogen-bond donors (Lipinski definition) is 1. The van der Waals surface area contributed by atoms with Gasteiger partial charge in [-0.2, -0.15) is 4.98 Å². The molecule has 0 bridgehead atoms. The first-order valence-corrected chi connectivity index (χ1v) is 7.63. The van der Waals surface area contributed by atoms with Gasteiger partial charge in [0.05, 0.1) is 0 Å². The molecule has 2 heterocycles. The summed E-state index contributed by atoms with van der Waals surface area (Å²) in [5, 5.41) is 7.51. The largest absolute Gasteiger partial charge is 0.339 e. The van der Waals surface area contributed by atoms with Crippen LogP contribution >= 0.6 is 0 Å². The molecule has 1 unspecified atom stereocenters. The minimum atomic E-state index is 0.496. The summed E-state index contributed by atoms with van der Waals surface area (Å²) in [6.45, 7) is 11.0. The molecule has 1 fully saturated rings. The Morgan fingerprint density at radius 3 is 2.70 bits per heavy atom. The Bertz CT molecular complexity index is 387. The van der Waals surface area contributed by atoms with Crippen molar-refractivity contribution in [2.24, 2.45) is 0 Å². The first-order chi connectivity index (χ1) is 9.67. The zero-order valence-corrected chi connectivity index (χ0v) is 12.9. The number of piperazine rings is 1. The molecule has 1 aromatic heterocycles. The minimum Gasteiger partial charge on any atom is -0.339 e. The van der Waals surface area contributed by atoms with Crippen molar-refractivity contribution in [3.8, 4) is 0 Å². The number of rotatable bonds is 7. The third kappa shape index (κ3) is 4.85. The smallest absolute Gasteiger partial charge is 0.226 e. The van der Waals surface area contributed by atoms with E-state index in [0.717, 1.165) is 37.6 Å². The van der Waals surface area contributed by atoms with Crippen molar-refractivity contribution >= 4 is 0 Å². The van der Waals surface area contributed by atoms with Crippen LogP contribution in [0, 0.1) is 0 Å². The predicted molar refractivity (Wildman–Crippen MR) is 78.8 cm³/mol. The molecule has 6 heteroatoms. The van der Waals surface area contributed by atoms with Crippen LogP contribution in [-0.2, 0) is 12.8 Å². The summed E-state index contributed by atoms with van der Waals surface area (Å²) >= 11 is 0. The fourth-order valence-corrected chi connectivity index (χ4v) is 2.45. The molecule has 1 saturated heterocycles. The van der Waals surface area contributed by atoms with Crippen molar-refractivity contribution in [3.63, 3.8) is 0 Å². The molecule has 0 amide bonds. The molecule has 1 aliphatic rings. The Labute approximate surface area is 121 Å². The highest BCUT2D eigenvalue weighted by Gasteiger charge is 2.15. The summed E-state index contributed by atoms with van der Waals surface area (Å²) in [7, 11) is 2.19. The summed E-state index contributed by atoms with van der Waals surface area (Å²) in [6, 6.07) is 0.496. The van der Waals surface area contributed by atoms with Gasteiger partial charge in [0.15, 0.2) is 5.82 Å². The van der Waals surface area contributed by atoms with Gasteiger partial charge in [0.2, 0.25) is 5.89 Å². The van der Waals surface area contributed by atoms with Crippen LogP contribution in [0.15, 0.2) is 4.52 Å². The monoisotopic (exact) mass is 281 g/mol. The molecular formula is C14H27N5O. The zero-order chi connectivity index (χ0) is 14.4. The van der Waals surface area contributed by atoms with Crippen molar-refractivity contribution in [2.45, 2.75) is 32.7 Å². The number of aryl methyl sites for hydroxylation is 1. The Morgan fingerprint density at radius 1 is 1.30 bits per heavy atom. The number of likely N-dealkylation sites (N-methyl/N-ethyl adjacent to an activating group) is 1. The van der Waals surface area contributed by atoms with E-state index >= 15 is 0 Å². The van der Waals surface area contributed by atoms with Crippen LogP contribution in [0.3, 0.4) is 0 Å². The van der Waals surface area contributed by atoms with Gasteiger partial charge < -0.3 is 14.7 Å². The summed E-state index contributed by atoms with van der Waals surface area (Å²) in [5.41, 5.74) is 0. The van der Waals surface area contributed by atoms with Crippen LogP contribution in [0.1, 0.15) is 25.6 Å². The molecule has 0 aliphatic carbocycles. The first kappa shape index (κ1) is 15.4. The molecule has 2 rings (SSSR count). The molecule has 0 radical (unpaired) electrons. The maximum absolute atomic E-state index is 5.10. The van der Waals surface area contributed by atoms with E-state index in [4.69, 9.17) is 4.52 Å². The minimum absolute atomic E-state index is 0.496. The Hall–Kier alpha value is -0.980. The molecule has 0 saturated carbocycles. The highest BCUT2D eigenvalue weighted by atomic mass is 16.5. The standard InChI is InChI=1S/C14H27N5O/c1-4-14-16-13(17-20-14)5-6-15-12(2)11-19-9-7-18(3)8-10-19/h12,15H,4-11H2,1-3H3. The average Bonchev–Trinajstić information content (AvgIpc) is 2.89. The van der Waals surface area contributed by atoms with Crippen LogP contribution in [0.4, 0.5) is 0 Å². The van der Waals surface area contributed by atoms with E-state index in [1.807, 2.05) is 6.92 Å². The van der Waals surface area contributed by atoms with Crippen LogP contribution < -0.4 is 5.32 Å². The normalized spacial score (nSPS) is 19.4. The van der Waals surface area contributed by atoms with Gasteiger partial charge in [-0.05, 0) is 14.0 Å². The van der Waals surface area contributed by atoms with Crippen LogP contribution in [0.25, 0.3) is 0 Å². The Morgan fingerprint density at radius 2 is 2.05 bits per heavy atom. The van der Waals surface area contributed by atoms with Gasteiger partial charge in [-0.1, -0.05) is 12.1 Å². The highest BCUT2D eigenvalue weighted by Crippen LogP contribution is 2.01. The lowest BCUT2D eigenvalue weighted by Crippen LogP contribution is -2.49. The SMILES string of the molecule is CCc1nc(CCNC(C)CN2CCN(C)CC2)no1. The van der Waals surface area contributed by atoms with Gasteiger partial charge in [-0.15, -0.1) is 0 Å². The van der Waals surface area contributed by atoms with E-state index in [1.54, 1.807) is 0 Å².